The van der Waals surface area contributed by atoms with Gasteiger partial charge in [0.2, 0.25) is 0 Å². The summed E-state index contributed by atoms with van der Waals surface area (Å²) in [5.41, 5.74) is 0. The van der Waals surface area contributed by atoms with E-state index in [2.05, 4.69) is 13.8 Å². The Labute approximate surface area is 465 Å². The molecular weight excluding hydrogens is 1040 g/mol. The van der Waals surface area contributed by atoms with Gasteiger partial charge in [-0.2, -0.15) is 0 Å². The Hall–Kier alpha value is -0.960. The van der Waals surface area contributed by atoms with Gasteiger partial charge in [-0.1, -0.05) is 117 Å². The molecule has 79 heavy (non-hydrogen) atoms. The number of hydrogen-bond acceptors (Lipinski definition) is 24. The Balaban J connectivity index is 1.20. The van der Waals surface area contributed by atoms with Crippen LogP contribution in [-0.4, -0.2) is 259 Å². The van der Waals surface area contributed by atoms with E-state index in [0.717, 1.165) is 51.4 Å². The van der Waals surface area contributed by atoms with E-state index >= 15 is 0 Å². The number of aliphatic hydroxyl groups is 14. The summed E-state index contributed by atoms with van der Waals surface area (Å²) in [7, 11) is 0. The van der Waals surface area contributed by atoms with Crippen molar-refractivity contribution < 1.29 is 119 Å². The highest BCUT2D eigenvalue weighted by molar-refractivity contribution is 5.09. The molecule has 4 heterocycles. The molecule has 4 aliphatic heterocycles. The lowest BCUT2D eigenvalue weighted by Gasteiger charge is -2.49. The predicted octanol–water partition coefficient (Wildman–Crippen LogP) is -1.02. The minimum absolute atomic E-state index is 0.206. The summed E-state index contributed by atoms with van der Waals surface area (Å²) in [6.07, 6.45) is -15.0. The third-order valence-electron chi connectivity index (χ3n) is 17.3. The largest absolute Gasteiger partial charge is 0.394 e. The van der Waals surface area contributed by atoms with Crippen LogP contribution in [0.15, 0.2) is 0 Å². The lowest BCUT2D eigenvalue weighted by molar-refractivity contribution is -0.378. The van der Waals surface area contributed by atoms with Gasteiger partial charge in [0, 0.05) is 13.2 Å². The zero-order valence-electron chi connectivity index (χ0n) is 46.4. The van der Waals surface area contributed by atoms with Crippen molar-refractivity contribution in [1.29, 1.82) is 0 Å². The van der Waals surface area contributed by atoms with Crippen LogP contribution in [0.5, 0.6) is 0 Å². The molecule has 6 rings (SSSR count). The minimum Gasteiger partial charge on any atom is -0.394 e. The third-order valence-corrected chi connectivity index (χ3v) is 17.3. The monoisotopic (exact) mass is 1140 g/mol. The van der Waals surface area contributed by atoms with Crippen LogP contribution in [0.25, 0.3) is 0 Å². The van der Waals surface area contributed by atoms with Crippen LogP contribution in [0.2, 0.25) is 0 Å². The topological polar surface area (TPSA) is 376 Å². The standard InChI is InChI=1S/C55H100O24/c1-3-5-7-9-11-13-15-17-19-21-70-28-32-30-23-31(33(32)29-71-22-20-18-16-14-12-10-8-6-4-2)49(77-55-47(69)43(65)51(37(27-59)75-55)79-53-45(67)41(63)39(61)35(25-57)73-53)48(30)76-54-46(68)42(64)50(36(26-58)74-54)78-52-44(66)40(62)38(60)34(24-56)72-52/h30-69H,3-29H2,1-2H3/t30-,31?,32-,33?,34?,35?,36?,37?,38+,39+,40-,41-,42+,43+,44?,45?,46?,47?,48-,49?,50+,51+,52+,53+,54-,55-/m0/s1. The number of unbranched alkanes of at least 4 members (excludes halogenated alkanes) is 16. The van der Waals surface area contributed by atoms with E-state index in [1.54, 1.807) is 0 Å². The maximum atomic E-state index is 11.7. The van der Waals surface area contributed by atoms with Gasteiger partial charge in [0.25, 0.3) is 0 Å². The molecule has 24 nitrogen and oxygen atoms in total. The van der Waals surface area contributed by atoms with Crippen molar-refractivity contribution in [2.75, 3.05) is 52.9 Å². The van der Waals surface area contributed by atoms with Crippen LogP contribution < -0.4 is 0 Å². The Morgan fingerprint density at radius 3 is 0.911 bits per heavy atom. The molecule has 26 atom stereocenters. The highest BCUT2D eigenvalue weighted by Crippen LogP contribution is 2.56. The van der Waals surface area contributed by atoms with E-state index in [4.69, 9.17) is 47.4 Å². The van der Waals surface area contributed by atoms with Crippen LogP contribution >= 0.6 is 0 Å². The third kappa shape index (κ3) is 17.6. The lowest BCUT2D eigenvalue weighted by Crippen LogP contribution is -2.66. The van der Waals surface area contributed by atoms with E-state index in [1.165, 1.54) is 64.2 Å². The molecule has 0 amide bonds. The summed E-state index contributed by atoms with van der Waals surface area (Å²) in [5.74, 6) is -1.21. The Morgan fingerprint density at radius 1 is 0.316 bits per heavy atom. The van der Waals surface area contributed by atoms with Crippen molar-refractivity contribution in [2.45, 2.75) is 271 Å². The molecule has 0 spiro atoms. The fourth-order valence-electron chi connectivity index (χ4n) is 12.5. The molecule has 0 aromatic rings. The summed E-state index contributed by atoms with van der Waals surface area (Å²) in [4.78, 5) is 0. The van der Waals surface area contributed by atoms with Crippen LogP contribution in [0.1, 0.15) is 136 Å². The number of ether oxygens (including phenoxy) is 10. The molecule has 6 fully saturated rings. The molecule has 0 aromatic heterocycles. The predicted molar refractivity (Wildman–Crippen MR) is 277 cm³/mol. The average molecular weight is 1150 g/mol. The van der Waals surface area contributed by atoms with Crippen molar-refractivity contribution in [1.82, 2.24) is 0 Å². The second-order valence-electron chi connectivity index (χ2n) is 22.9. The zero-order chi connectivity index (χ0) is 57.2. The highest BCUT2D eigenvalue weighted by atomic mass is 16.8. The summed E-state index contributed by atoms with van der Waals surface area (Å²) in [6, 6.07) is 0. The summed E-state index contributed by atoms with van der Waals surface area (Å²) in [6.45, 7) is 2.90. The van der Waals surface area contributed by atoms with Crippen LogP contribution in [0.4, 0.5) is 0 Å². The van der Waals surface area contributed by atoms with Crippen molar-refractivity contribution in [2.24, 2.45) is 23.7 Å². The molecule has 0 radical (unpaired) electrons. The fraction of sp³-hybridized carbons (Fsp3) is 1.00. The van der Waals surface area contributed by atoms with Gasteiger partial charge in [-0.3, -0.25) is 0 Å². The Bertz CT molecular complexity index is 1520. The SMILES string of the molecule is CCCCCCCCCCCOCC1C2C[C@@H]([C@@H]1COCCCCCCCCCCC)[C@H](O[C@@H]1OC(CO)[C@@H](O[C@H]3OC(CO)[C@@H](O)[C@H](O)C3O)[C@H](O)C1O)C2O[C@@H]1OC(CO)[C@@H](O[C@H]2OC(CO)[C@@H](O)[C@H](O)C2O)[C@H](O)C1O. The molecule has 14 N–H and O–H groups in total. The van der Waals surface area contributed by atoms with Gasteiger partial charge in [-0.25, -0.2) is 0 Å². The van der Waals surface area contributed by atoms with Crippen molar-refractivity contribution >= 4 is 0 Å². The average Bonchev–Trinajstić information content (AvgIpc) is 4.18. The Morgan fingerprint density at radius 2 is 0.595 bits per heavy atom. The number of rotatable bonds is 36. The second kappa shape index (κ2) is 34.3. The van der Waals surface area contributed by atoms with Gasteiger partial charge in [-0.15, -0.1) is 0 Å². The van der Waals surface area contributed by atoms with Gasteiger partial charge >= 0.3 is 0 Å². The molecule has 464 valence electrons. The first kappa shape index (κ1) is 67.2. The zero-order valence-corrected chi connectivity index (χ0v) is 46.4. The van der Waals surface area contributed by atoms with Crippen molar-refractivity contribution in [3.63, 3.8) is 0 Å². The first-order valence-corrected chi connectivity index (χ1v) is 29.8. The van der Waals surface area contributed by atoms with Crippen LogP contribution in [-0.2, 0) is 47.4 Å². The van der Waals surface area contributed by atoms with Gasteiger partial charge in [-0.05, 0) is 42.9 Å². The van der Waals surface area contributed by atoms with Gasteiger partial charge in [0.05, 0.1) is 51.8 Å². The van der Waals surface area contributed by atoms with Crippen LogP contribution in [0.3, 0.4) is 0 Å². The van der Waals surface area contributed by atoms with E-state index in [1.807, 2.05) is 0 Å². The molecule has 2 saturated carbocycles. The molecule has 6 aliphatic rings. The van der Waals surface area contributed by atoms with Crippen LogP contribution in [0, 0.1) is 23.7 Å². The molecule has 2 bridgehead atoms. The highest BCUT2D eigenvalue weighted by Gasteiger charge is 2.63. The fourth-order valence-corrected chi connectivity index (χ4v) is 12.5. The maximum Gasteiger partial charge on any atom is 0.187 e. The number of fused-ring (bicyclic) bond motifs is 2. The molecule has 24 heteroatoms. The first-order chi connectivity index (χ1) is 38.1. The van der Waals surface area contributed by atoms with Gasteiger partial charge in [0.15, 0.2) is 25.2 Å². The second-order valence-corrected chi connectivity index (χ2v) is 22.9. The minimum atomic E-state index is -1.90. The van der Waals surface area contributed by atoms with Gasteiger partial charge in [0.1, 0.15) is 97.7 Å². The Kier molecular flexibility index (Phi) is 29.1. The van der Waals surface area contributed by atoms with E-state index < -0.39 is 173 Å². The lowest BCUT2D eigenvalue weighted by atomic mass is 9.76. The molecular formula is C55H100O24. The number of aliphatic hydroxyl groups excluding tert-OH is 14. The normalized spacial score (nSPS) is 42.5. The summed E-state index contributed by atoms with van der Waals surface area (Å²) < 4.78 is 61.1. The van der Waals surface area contributed by atoms with E-state index in [0.29, 0.717) is 32.8 Å². The quantitative estimate of drug-likeness (QED) is 0.0334. The molecule has 11 unspecified atom stereocenters. The molecule has 2 aliphatic carbocycles. The van der Waals surface area contributed by atoms with Gasteiger partial charge < -0.3 is 119 Å². The maximum absolute atomic E-state index is 11.7. The molecule has 0 aromatic carbocycles. The first-order valence-electron chi connectivity index (χ1n) is 29.8. The van der Waals surface area contributed by atoms with Crippen molar-refractivity contribution in [3.8, 4) is 0 Å². The van der Waals surface area contributed by atoms with E-state index in [9.17, 15) is 71.5 Å². The molecule has 4 saturated heterocycles. The smallest absolute Gasteiger partial charge is 0.187 e. The number of hydrogen-bond donors (Lipinski definition) is 14. The van der Waals surface area contributed by atoms with Crippen molar-refractivity contribution in [3.05, 3.63) is 0 Å². The summed E-state index contributed by atoms with van der Waals surface area (Å²) >= 11 is 0. The summed E-state index contributed by atoms with van der Waals surface area (Å²) in [5, 5.41) is 150. The van der Waals surface area contributed by atoms with E-state index in [-0.39, 0.29) is 11.8 Å².